The van der Waals surface area contributed by atoms with Crippen molar-refractivity contribution in [3.63, 3.8) is 0 Å². The molecule has 3 rings (SSSR count). The van der Waals surface area contributed by atoms with Gasteiger partial charge in [-0.15, -0.1) is 0 Å². The maximum absolute atomic E-state index is 5.22. The van der Waals surface area contributed by atoms with Crippen LogP contribution in [0.4, 0.5) is 5.13 Å². The van der Waals surface area contributed by atoms with E-state index in [9.17, 15) is 0 Å². The van der Waals surface area contributed by atoms with Crippen molar-refractivity contribution in [2.24, 2.45) is 7.05 Å². The number of hydrogen-bond acceptors (Lipinski definition) is 5. The number of rotatable bonds is 5. The minimum Gasteiger partial charge on any atom is -0.349 e. The first kappa shape index (κ1) is 13.8. The number of aromatic nitrogens is 4. The normalized spacial score (nSPS) is 14.8. The average molecular weight is 309 g/mol. The molecule has 0 bridgehead atoms. The third kappa shape index (κ3) is 2.29. The molecule has 0 radical (unpaired) electrons. The Balaban J connectivity index is 2.09. The summed E-state index contributed by atoms with van der Waals surface area (Å²) in [5.41, 5.74) is 1.20. The van der Waals surface area contributed by atoms with E-state index in [2.05, 4.69) is 28.9 Å². The summed E-state index contributed by atoms with van der Waals surface area (Å²) in [4.78, 5) is 8.35. The van der Waals surface area contributed by atoms with E-state index >= 15 is 0 Å². The highest BCUT2D eigenvalue weighted by Gasteiger charge is 2.32. The fourth-order valence-corrected chi connectivity index (χ4v) is 3.73. The quantitative estimate of drug-likeness (QED) is 0.861. The summed E-state index contributed by atoms with van der Waals surface area (Å²) in [7, 11) is 1.95. The number of anilines is 1. The lowest BCUT2D eigenvalue weighted by atomic mass is 10.2. The van der Waals surface area contributed by atoms with Crippen molar-refractivity contribution in [3.05, 3.63) is 10.5 Å². The minimum atomic E-state index is 0.607. The lowest BCUT2D eigenvalue weighted by molar-refractivity contribution is 0.852. The number of H-pyrrole nitrogens is 1. The molecule has 0 saturated heterocycles. The SMILES string of the molecule is CCN(CC)c1nc(C2CC2)c(-c2n[nH]c(=S)n2C)s1. The number of aromatic amines is 1. The molecule has 2 aromatic rings. The monoisotopic (exact) mass is 309 g/mol. The Bertz CT molecular complexity index is 661. The summed E-state index contributed by atoms with van der Waals surface area (Å²) >= 11 is 6.95. The maximum atomic E-state index is 5.22. The molecule has 5 nitrogen and oxygen atoms in total. The Morgan fingerprint density at radius 2 is 2.10 bits per heavy atom. The highest BCUT2D eigenvalue weighted by atomic mass is 32.1. The van der Waals surface area contributed by atoms with Gasteiger partial charge in [-0.25, -0.2) is 4.98 Å². The summed E-state index contributed by atoms with van der Waals surface area (Å²) in [6.45, 7) is 6.29. The summed E-state index contributed by atoms with van der Waals surface area (Å²) in [5.74, 6) is 1.52. The van der Waals surface area contributed by atoms with Gasteiger partial charge in [-0.1, -0.05) is 11.3 Å². The lowest BCUT2D eigenvalue weighted by Crippen LogP contribution is -2.21. The number of thiazole rings is 1. The second-order valence-corrected chi connectivity index (χ2v) is 6.43. The van der Waals surface area contributed by atoms with Crippen LogP contribution in [0.3, 0.4) is 0 Å². The molecule has 7 heteroatoms. The van der Waals surface area contributed by atoms with Gasteiger partial charge >= 0.3 is 0 Å². The van der Waals surface area contributed by atoms with Crippen molar-refractivity contribution in [2.75, 3.05) is 18.0 Å². The molecule has 0 atom stereocenters. The molecule has 0 amide bonds. The number of nitrogens with zero attached hydrogens (tertiary/aromatic N) is 4. The van der Waals surface area contributed by atoms with Gasteiger partial charge in [-0.2, -0.15) is 5.10 Å². The first-order valence-corrected chi connectivity index (χ1v) is 8.25. The molecule has 1 aliphatic carbocycles. The molecular formula is C13H19N5S2. The van der Waals surface area contributed by atoms with Gasteiger partial charge in [-0.3, -0.25) is 5.10 Å². The Morgan fingerprint density at radius 3 is 2.60 bits per heavy atom. The molecule has 1 aliphatic rings. The van der Waals surface area contributed by atoms with Crippen molar-refractivity contribution >= 4 is 28.7 Å². The minimum absolute atomic E-state index is 0.607. The molecule has 0 unspecified atom stereocenters. The molecular weight excluding hydrogens is 290 g/mol. The zero-order valence-electron chi connectivity index (χ0n) is 12.0. The molecule has 20 heavy (non-hydrogen) atoms. The van der Waals surface area contributed by atoms with Gasteiger partial charge in [0.25, 0.3) is 0 Å². The molecule has 108 valence electrons. The Kier molecular flexibility index (Phi) is 3.64. The summed E-state index contributed by atoms with van der Waals surface area (Å²) in [6.07, 6.45) is 2.48. The van der Waals surface area contributed by atoms with Crippen LogP contribution in [0.25, 0.3) is 10.7 Å². The fourth-order valence-electron chi connectivity index (χ4n) is 2.29. The van der Waals surface area contributed by atoms with Crippen molar-refractivity contribution < 1.29 is 0 Å². The molecule has 2 heterocycles. The van der Waals surface area contributed by atoms with E-state index in [-0.39, 0.29) is 0 Å². The van der Waals surface area contributed by atoms with Gasteiger partial charge in [0.05, 0.1) is 10.6 Å². The number of nitrogens with one attached hydrogen (secondary N) is 1. The van der Waals surface area contributed by atoms with Crippen molar-refractivity contribution in [3.8, 4) is 10.7 Å². The maximum Gasteiger partial charge on any atom is 0.195 e. The van der Waals surface area contributed by atoms with Crippen LogP contribution in [0.15, 0.2) is 0 Å². The van der Waals surface area contributed by atoms with Crippen LogP contribution < -0.4 is 4.90 Å². The van der Waals surface area contributed by atoms with Crippen LogP contribution in [0.2, 0.25) is 0 Å². The van der Waals surface area contributed by atoms with Gasteiger partial charge < -0.3 is 9.47 Å². The Labute approximate surface area is 127 Å². The van der Waals surface area contributed by atoms with Crippen LogP contribution in [0.1, 0.15) is 38.3 Å². The topological polar surface area (TPSA) is 49.7 Å². The van der Waals surface area contributed by atoms with Crippen molar-refractivity contribution in [2.45, 2.75) is 32.6 Å². The fraction of sp³-hybridized carbons (Fsp3) is 0.615. The third-order valence-electron chi connectivity index (χ3n) is 3.72. The van der Waals surface area contributed by atoms with Gasteiger partial charge in [0.1, 0.15) is 0 Å². The molecule has 1 N–H and O–H groups in total. The van der Waals surface area contributed by atoms with Crippen LogP contribution in [0.5, 0.6) is 0 Å². The van der Waals surface area contributed by atoms with Gasteiger partial charge in [0.2, 0.25) is 0 Å². The standard InChI is InChI=1S/C13H19N5S2/c1-4-18(5-2)13-14-9(8-6-7-8)10(20-13)11-15-16-12(19)17(11)3/h8H,4-7H2,1-3H3,(H,16,19). The Hall–Kier alpha value is -1.21. The van der Waals surface area contributed by atoms with Crippen LogP contribution >= 0.6 is 23.6 Å². The summed E-state index contributed by atoms with van der Waals surface area (Å²) in [5, 5.41) is 8.35. The van der Waals surface area contributed by atoms with E-state index in [1.165, 1.54) is 23.4 Å². The van der Waals surface area contributed by atoms with E-state index in [4.69, 9.17) is 17.2 Å². The molecule has 1 fully saturated rings. The second-order valence-electron chi connectivity index (χ2n) is 5.07. The smallest absolute Gasteiger partial charge is 0.195 e. The molecule has 2 aromatic heterocycles. The van der Waals surface area contributed by atoms with Crippen LogP contribution in [0, 0.1) is 4.77 Å². The average Bonchev–Trinajstić information content (AvgIpc) is 3.13. The second kappa shape index (κ2) is 5.29. The van der Waals surface area contributed by atoms with Crippen molar-refractivity contribution in [1.29, 1.82) is 0 Å². The van der Waals surface area contributed by atoms with Gasteiger partial charge in [0, 0.05) is 26.1 Å². The largest absolute Gasteiger partial charge is 0.349 e. The first-order chi connectivity index (χ1) is 9.65. The Morgan fingerprint density at radius 1 is 1.40 bits per heavy atom. The van der Waals surface area contributed by atoms with Gasteiger partial charge in [0.15, 0.2) is 15.7 Å². The summed E-state index contributed by atoms with van der Waals surface area (Å²) < 4.78 is 2.58. The van der Waals surface area contributed by atoms with Crippen LogP contribution in [-0.2, 0) is 7.05 Å². The van der Waals surface area contributed by atoms with Crippen molar-refractivity contribution in [1.82, 2.24) is 19.7 Å². The zero-order chi connectivity index (χ0) is 14.3. The van der Waals surface area contributed by atoms with E-state index in [1.54, 1.807) is 11.3 Å². The molecule has 0 aromatic carbocycles. The molecule has 0 spiro atoms. The van der Waals surface area contributed by atoms with Gasteiger partial charge in [-0.05, 0) is 38.9 Å². The van der Waals surface area contributed by atoms with E-state index in [0.717, 1.165) is 24.0 Å². The predicted octanol–water partition coefficient (Wildman–Crippen LogP) is 3.32. The molecule has 1 saturated carbocycles. The summed E-state index contributed by atoms with van der Waals surface area (Å²) in [6, 6.07) is 0. The van der Waals surface area contributed by atoms with E-state index in [1.807, 2.05) is 11.6 Å². The lowest BCUT2D eigenvalue weighted by Gasteiger charge is -2.16. The zero-order valence-corrected chi connectivity index (χ0v) is 13.6. The first-order valence-electron chi connectivity index (χ1n) is 7.03. The molecule has 0 aliphatic heterocycles. The van der Waals surface area contributed by atoms with E-state index in [0.29, 0.717) is 10.7 Å². The number of hydrogen-bond donors (Lipinski definition) is 1. The predicted molar refractivity (Wildman–Crippen MR) is 85.0 cm³/mol. The van der Waals surface area contributed by atoms with E-state index < -0.39 is 0 Å². The third-order valence-corrected chi connectivity index (χ3v) is 5.22. The highest BCUT2D eigenvalue weighted by Crippen LogP contribution is 2.47. The van der Waals surface area contributed by atoms with Crippen LogP contribution in [-0.4, -0.2) is 32.8 Å². The highest BCUT2D eigenvalue weighted by molar-refractivity contribution is 7.71.